The molecule has 1 aromatic carbocycles. The number of nitrogens with one attached hydrogen (secondary N) is 1. The van der Waals surface area contributed by atoms with E-state index >= 15 is 0 Å². The number of nitrogens with zero attached hydrogens (tertiary/aromatic N) is 3. The third kappa shape index (κ3) is 3.39. The van der Waals surface area contributed by atoms with Crippen molar-refractivity contribution in [1.82, 2.24) is 20.0 Å². The lowest BCUT2D eigenvalue weighted by Gasteiger charge is -2.22. The molecule has 2 saturated heterocycles. The minimum absolute atomic E-state index is 0.339. The summed E-state index contributed by atoms with van der Waals surface area (Å²) >= 11 is 0. The summed E-state index contributed by atoms with van der Waals surface area (Å²) in [4.78, 5) is 14.9. The third-order valence-corrected chi connectivity index (χ3v) is 5.52. The van der Waals surface area contributed by atoms with E-state index in [2.05, 4.69) is 15.3 Å². The van der Waals surface area contributed by atoms with Gasteiger partial charge >= 0.3 is 5.97 Å². The maximum Gasteiger partial charge on any atom is 0.359 e. The maximum atomic E-state index is 12.4. The van der Waals surface area contributed by atoms with Crippen molar-refractivity contribution in [3.63, 3.8) is 0 Å². The van der Waals surface area contributed by atoms with E-state index in [1.54, 1.807) is 4.68 Å². The van der Waals surface area contributed by atoms with Gasteiger partial charge in [0.25, 0.3) is 0 Å². The average molecular weight is 354 g/mol. The zero-order valence-electron chi connectivity index (χ0n) is 15.3. The summed E-state index contributed by atoms with van der Waals surface area (Å²) in [5.41, 5.74) is 2.73. The molecule has 6 heteroatoms. The molecule has 1 N–H and O–H groups in total. The van der Waals surface area contributed by atoms with Crippen LogP contribution in [0.5, 0.6) is 0 Å². The Hall–Kier alpha value is -2.18. The Morgan fingerprint density at radius 3 is 2.88 bits per heavy atom. The standard InChI is InChI=1S/C20H26N4O2/c1-2-26-19(25)18-16(13-24(22-18)17-6-4-3-5-7-17)12-23-11-9-20(15-23)8-10-21-14-20/h3-7,13,21H,2,8-12,14-15H2,1H3. The molecular formula is C20H26N4O2. The number of rotatable bonds is 5. The van der Waals surface area contributed by atoms with Crippen molar-refractivity contribution in [2.24, 2.45) is 5.41 Å². The Balaban J connectivity index is 1.57. The quantitative estimate of drug-likeness (QED) is 0.835. The summed E-state index contributed by atoms with van der Waals surface area (Å²) in [5, 5.41) is 8.03. The maximum absolute atomic E-state index is 12.4. The molecule has 2 fully saturated rings. The number of hydrogen-bond acceptors (Lipinski definition) is 5. The molecule has 2 aliphatic heterocycles. The number of carbonyl (C=O) groups excluding carboxylic acids is 1. The van der Waals surface area contributed by atoms with Gasteiger partial charge in [0.15, 0.2) is 5.69 Å². The number of carbonyl (C=O) groups is 1. The van der Waals surface area contributed by atoms with Crippen LogP contribution in [0.2, 0.25) is 0 Å². The summed E-state index contributed by atoms with van der Waals surface area (Å²) in [6.07, 6.45) is 4.44. The lowest BCUT2D eigenvalue weighted by atomic mass is 9.86. The van der Waals surface area contributed by atoms with Crippen molar-refractivity contribution in [3.05, 3.63) is 47.8 Å². The van der Waals surface area contributed by atoms with E-state index in [0.29, 0.717) is 17.7 Å². The Morgan fingerprint density at radius 2 is 2.15 bits per heavy atom. The second kappa shape index (κ2) is 7.21. The SMILES string of the molecule is CCOC(=O)c1nn(-c2ccccc2)cc1CN1CCC2(CCNC2)C1. The highest BCUT2D eigenvalue weighted by Gasteiger charge is 2.40. The number of esters is 1. The Labute approximate surface area is 154 Å². The van der Waals surface area contributed by atoms with Crippen molar-refractivity contribution in [2.45, 2.75) is 26.3 Å². The van der Waals surface area contributed by atoms with Crippen LogP contribution in [0, 0.1) is 5.41 Å². The van der Waals surface area contributed by atoms with Crippen molar-refractivity contribution in [2.75, 3.05) is 32.8 Å². The molecule has 0 aliphatic carbocycles. The molecule has 1 spiro atoms. The normalized spacial score (nSPS) is 23.0. The molecule has 0 bridgehead atoms. The molecule has 3 heterocycles. The van der Waals surface area contributed by atoms with E-state index in [4.69, 9.17) is 4.74 Å². The first kappa shape index (κ1) is 17.2. The predicted molar refractivity (Wildman–Crippen MR) is 99.3 cm³/mol. The topological polar surface area (TPSA) is 59.4 Å². The second-order valence-electron chi connectivity index (χ2n) is 7.39. The number of aromatic nitrogens is 2. The van der Waals surface area contributed by atoms with Gasteiger partial charge in [0.1, 0.15) is 0 Å². The van der Waals surface area contributed by atoms with Gasteiger partial charge in [-0.15, -0.1) is 0 Å². The van der Waals surface area contributed by atoms with Crippen LogP contribution in [-0.4, -0.2) is 53.4 Å². The monoisotopic (exact) mass is 354 g/mol. The summed E-state index contributed by atoms with van der Waals surface area (Å²) < 4.78 is 7.01. The minimum Gasteiger partial charge on any atom is -0.461 e. The average Bonchev–Trinajstić information content (AvgIpc) is 3.38. The molecule has 2 aromatic rings. The molecular weight excluding hydrogens is 328 g/mol. The molecule has 6 nitrogen and oxygen atoms in total. The van der Waals surface area contributed by atoms with Gasteiger partial charge in [-0.05, 0) is 50.4 Å². The molecule has 0 radical (unpaired) electrons. The predicted octanol–water partition coefficient (Wildman–Crippen LogP) is 2.23. The highest BCUT2D eigenvalue weighted by atomic mass is 16.5. The molecule has 138 valence electrons. The zero-order valence-corrected chi connectivity index (χ0v) is 15.3. The molecule has 1 aromatic heterocycles. The van der Waals surface area contributed by atoms with Gasteiger partial charge in [-0.1, -0.05) is 18.2 Å². The fourth-order valence-electron chi connectivity index (χ4n) is 4.16. The van der Waals surface area contributed by atoms with Gasteiger partial charge in [0.2, 0.25) is 0 Å². The molecule has 26 heavy (non-hydrogen) atoms. The number of likely N-dealkylation sites (tertiary alicyclic amines) is 1. The van der Waals surface area contributed by atoms with Crippen LogP contribution in [-0.2, 0) is 11.3 Å². The highest BCUT2D eigenvalue weighted by Crippen LogP contribution is 2.36. The van der Waals surface area contributed by atoms with Gasteiger partial charge in [-0.3, -0.25) is 4.90 Å². The minimum atomic E-state index is -0.339. The summed E-state index contributed by atoms with van der Waals surface area (Å²) in [6, 6.07) is 9.89. The van der Waals surface area contributed by atoms with Crippen LogP contribution in [0.3, 0.4) is 0 Å². The number of benzene rings is 1. The third-order valence-electron chi connectivity index (χ3n) is 5.52. The first-order chi connectivity index (χ1) is 12.7. The molecule has 1 unspecified atom stereocenters. The highest BCUT2D eigenvalue weighted by molar-refractivity contribution is 5.88. The summed E-state index contributed by atoms with van der Waals surface area (Å²) in [5.74, 6) is -0.339. The van der Waals surface area contributed by atoms with E-state index in [-0.39, 0.29) is 5.97 Å². The molecule has 1 atom stereocenters. The Morgan fingerprint density at radius 1 is 1.31 bits per heavy atom. The first-order valence-corrected chi connectivity index (χ1v) is 9.43. The van der Waals surface area contributed by atoms with Crippen LogP contribution in [0.25, 0.3) is 5.69 Å². The van der Waals surface area contributed by atoms with Crippen molar-refractivity contribution >= 4 is 5.97 Å². The fourth-order valence-corrected chi connectivity index (χ4v) is 4.16. The van der Waals surface area contributed by atoms with Gasteiger partial charge in [0.05, 0.1) is 12.3 Å². The van der Waals surface area contributed by atoms with Crippen LogP contribution in [0.15, 0.2) is 36.5 Å². The van der Waals surface area contributed by atoms with Gasteiger partial charge in [-0.2, -0.15) is 5.10 Å². The Kier molecular flexibility index (Phi) is 4.78. The van der Waals surface area contributed by atoms with E-state index in [9.17, 15) is 4.79 Å². The van der Waals surface area contributed by atoms with Gasteiger partial charge in [0, 0.05) is 31.4 Å². The second-order valence-corrected chi connectivity index (χ2v) is 7.39. The smallest absolute Gasteiger partial charge is 0.359 e. The van der Waals surface area contributed by atoms with E-state index < -0.39 is 0 Å². The Bertz CT molecular complexity index is 765. The summed E-state index contributed by atoms with van der Waals surface area (Å²) in [7, 11) is 0. The van der Waals surface area contributed by atoms with Crippen molar-refractivity contribution in [3.8, 4) is 5.69 Å². The molecule has 4 rings (SSSR count). The fraction of sp³-hybridized carbons (Fsp3) is 0.500. The van der Waals surface area contributed by atoms with E-state index in [1.165, 1.54) is 12.8 Å². The lowest BCUT2D eigenvalue weighted by molar-refractivity contribution is 0.0516. The van der Waals surface area contributed by atoms with Crippen LogP contribution in [0.1, 0.15) is 35.8 Å². The van der Waals surface area contributed by atoms with E-state index in [0.717, 1.165) is 44.0 Å². The van der Waals surface area contributed by atoms with E-state index in [1.807, 2.05) is 43.5 Å². The van der Waals surface area contributed by atoms with Gasteiger partial charge in [-0.25, -0.2) is 9.48 Å². The summed E-state index contributed by atoms with van der Waals surface area (Å²) in [6.45, 7) is 7.30. The number of hydrogen-bond donors (Lipinski definition) is 1. The van der Waals surface area contributed by atoms with Crippen LogP contribution in [0.4, 0.5) is 0 Å². The van der Waals surface area contributed by atoms with Crippen molar-refractivity contribution in [1.29, 1.82) is 0 Å². The van der Waals surface area contributed by atoms with Crippen LogP contribution >= 0.6 is 0 Å². The lowest BCUT2D eigenvalue weighted by Crippen LogP contribution is -2.29. The number of ether oxygens (including phenoxy) is 1. The number of para-hydroxylation sites is 1. The largest absolute Gasteiger partial charge is 0.461 e. The van der Waals surface area contributed by atoms with Gasteiger partial charge < -0.3 is 10.1 Å². The molecule has 2 aliphatic rings. The first-order valence-electron chi connectivity index (χ1n) is 9.43. The zero-order chi connectivity index (χ0) is 18.0. The molecule has 0 amide bonds. The van der Waals surface area contributed by atoms with Crippen molar-refractivity contribution < 1.29 is 9.53 Å². The van der Waals surface area contributed by atoms with Crippen LogP contribution < -0.4 is 5.32 Å². The molecule has 0 saturated carbocycles.